The molecular formula is C26H24Cl2N4O6. The number of aromatic nitrogens is 3. The van der Waals surface area contributed by atoms with Crippen LogP contribution in [0.25, 0.3) is 16.7 Å². The number of ether oxygens (including phenoxy) is 3. The zero-order chi connectivity index (χ0) is 27.4. The highest BCUT2D eigenvalue weighted by Gasteiger charge is 2.22. The molecule has 3 heterocycles. The van der Waals surface area contributed by atoms with Crippen LogP contribution in [0.2, 0.25) is 10.0 Å². The number of benzene rings is 1. The minimum Gasteiger partial charge on any atom is -0.479 e. The van der Waals surface area contributed by atoms with Crippen LogP contribution in [0.15, 0.2) is 58.4 Å². The van der Waals surface area contributed by atoms with Gasteiger partial charge in [-0.15, -0.1) is 0 Å². The van der Waals surface area contributed by atoms with E-state index in [0.29, 0.717) is 10.7 Å². The molecule has 198 valence electrons. The molecule has 1 atom stereocenters. The van der Waals surface area contributed by atoms with Crippen molar-refractivity contribution in [1.29, 1.82) is 0 Å². The van der Waals surface area contributed by atoms with Gasteiger partial charge in [-0.25, -0.2) is 9.78 Å². The Bertz CT molecular complexity index is 1660. The van der Waals surface area contributed by atoms with Gasteiger partial charge in [0.15, 0.2) is 11.6 Å². The fourth-order valence-corrected chi connectivity index (χ4v) is 4.21. The molecule has 0 aliphatic carbocycles. The van der Waals surface area contributed by atoms with Crippen LogP contribution in [0.1, 0.15) is 24.2 Å². The summed E-state index contributed by atoms with van der Waals surface area (Å²) in [5.74, 6) is -1.21. The predicted molar refractivity (Wildman–Crippen MR) is 142 cm³/mol. The van der Waals surface area contributed by atoms with Crippen molar-refractivity contribution >= 4 is 51.8 Å². The van der Waals surface area contributed by atoms with Gasteiger partial charge in [-0.2, -0.15) is 4.99 Å². The normalized spacial score (nSPS) is 12.6. The maximum Gasteiger partial charge on any atom is 0.341 e. The molecular weight excluding hydrogens is 535 g/mol. The molecule has 0 saturated carbocycles. The molecule has 4 rings (SSSR count). The third kappa shape index (κ3) is 5.57. The Kier molecular flexibility index (Phi) is 8.45. The minimum absolute atomic E-state index is 0.0390. The van der Waals surface area contributed by atoms with Crippen molar-refractivity contribution in [2.45, 2.75) is 26.5 Å². The molecule has 1 aromatic carbocycles. The highest BCUT2D eigenvalue weighted by Crippen LogP contribution is 2.28. The Hall–Kier alpha value is -3.73. The van der Waals surface area contributed by atoms with Gasteiger partial charge in [0.1, 0.15) is 22.6 Å². The van der Waals surface area contributed by atoms with Gasteiger partial charge in [0.25, 0.3) is 11.5 Å². The maximum absolute atomic E-state index is 13.3. The summed E-state index contributed by atoms with van der Waals surface area (Å²) in [7, 11) is 1.50. The fourth-order valence-electron chi connectivity index (χ4n) is 3.76. The molecule has 0 aliphatic rings. The Labute approximate surface area is 227 Å². The number of hydrogen-bond acceptors (Lipinski definition) is 7. The van der Waals surface area contributed by atoms with Crippen LogP contribution < -0.4 is 15.8 Å². The second-order valence-electron chi connectivity index (χ2n) is 8.11. The number of halogens is 2. The molecule has 10 nitrogen and oxygen atoms in total. The van der Waals surface area contributed by atoms with Crippen LogP contribution in [0.3, 0.4) is 0 Å². The molecule has 0 bridgehead atoms. The van der Waals surface area contributed by atoms with Crippen LogP contribution in [0.4, 0.5) is 0 Å². The minimum atomic E-state index is -1.08. The summed E-state index contributed by atoms with van der Waals surface area (Å²) in [4.78, 5) is 48.4. The summed E-state index contributed by atoms with van der Waals surface area (Å²) in [6, 6.07) is 11.1. The first kappa shape index (κ1) is 27.3. The average molecular weight is 559 g/mol. The molecule has 0 saturated heterocycles. The van der Waals surface area contributed by atoms with E-state index in [9.17, 15) is 14.4 Å². The van der Waals surface area contributed by atoms with E-state index in [1.807, 2.05) is 0 Å². The lowest BCUT2D eigenvalue weighted by Gasteiger charge is -2.16. The molecule has 1 amide bonds. The average Bonchev–Trinajstić information content (AvgIpc) is 2.89. The van der Waals surface area contributed by atoms with Crippen molar-refractivity contribution in [2.75, 3.05) is 20.3 Å². The molecule has 0 unspecified atom stereocenters. The summed E-state index contributed by atoms with van der Waals surface area (Å²) in [6.45, 7) is 3.55. The second kappa shape index (κ2) is 11.8. The van der Waals surface area contributed by atoms with E-state index in [4.69, 9.17) is 37.4 Å². The predicted octanol–water partition coefficient (Wildman–Crippen LogP) is 3.67. The van der Waals surface area contributed by atoms with Gasteiger partial charge >= 0.3 is 5.97 Å². The quantitative estimate of drug-likeness (QED) is 0.239. The first-order valence-electron chi connectivity index (χ1n) is 11.7. The van der Waals surface area contributed by atoms with Gasteiger partial charge in [-0.05, 0) is 50.2 Å². The number of carbonyl (C=O) groups excluding carboxylic acids is 2. The zero-order valence-corrected chi connectivity index (χ0v) is 22.3. The first-order chi connectivity index (χ1) is 18.2. The van der Waals surface area contributed by atoms with E-state index >= 15 is 0 Å². The monoisotopic (exact) mass is 558 g/mol. The number of methoxy groups -OCH3 is 1. The van der Waals surface area contributed by atoms with E-state index in [-0.39, 0.29) is 52.6 Å². The lowest BCUT2D eigenvalue weighted by Crippen LogP contribution is -2.35. The largest absolute Gasteiger partial charge is 0.479 e. The summed E-state index contributed by atoms with van der Waals surface area (Å²) in [5, 5.41) is 0.787. The number of pyridine rings is 2. The highest BCUT2D eigenvalue weighted by molar-refractivity contribution is 6.35. The SMILES string of the molecule is CCOC(=O)c1cc2c(=O)n3ccccc3nc2n(CCOC)c1=NC(=O)[C@@H](C)Oc1ccc(Cl)cc1Cl. The van der Waals surface area contributed by atoms with Crippen molar-refractivity contribution in [3.05, 3.63) is 80.1 Å². The van der Waals surface area contributed by atoms with Gasteiger partial charge < -0.3 is 18.8 Å². The zero-order valence-electron chi connectivity index (χ0n) is 20.8. The number of carbonyl (C=O) groups is 2. The smallest absolute Gasteiger partial charge is 0.341 e. The Morgan fingerprint density at radius 2 is 1.95 bits per heavy atom. The summed E-state index contributed by atoms with van der Waals surface area (Å²) < 4.78 is 19.0. The number of nitrogens with zero attached hydrogens (tertiary/aromatic N) is 4. The van der Waals surface area contributed by atoms with Gasteiger partial charge in [-0.1, -0.05) is 29.3 Å². The summed E-state index contributed by atoms with van der Waals surface area (Å²) in [6.07, 6.45) is 0.501. The third-order valence-electron chi connectivity index (χ3n) is 5.57. The maximum atomic E-state index is 13.3. The van der Waals surface area contributed by atoms with Crippen LogP contribution in [0.5, 0.6) is 5.75 Å². The van der Waals surface area contributed by atoms with Gasteiger partial charge in [0, 0.05) is 24.9 Å². The Morgan fingerprint density at radius 3 is 2.66 bits per heavy atom. The van der Waals surface area contributed by atoms with Crippen LogP contribution >= 0.6 is 23.2 Å². The first-order valence-corrected chi connectivity index (χ1v) is 12.4. The molecule has 12 heteroatoms. The van der Waals surface area contributed by atoms with Crippen LogP contribution in [-0.2, 0) is 20.8 Å². The van der Waals surface area contributed by atoms with Gasteiger partial charge in [-0.3, -0.25) is 14.0 Å². The van der Waals surface area contributed by atoms with Crippen molar-refractivity contribution in [2.24, 2.45) is 4.99 Å². The Balaban J connectivity index is 1.95. The van der Waals surface area contributed by atoms with E-state index in [0.717, 1.165) is 0 Å². The summed E-state index contributed by atoms with van der Waals surface area (Å²) >= 11 is 12.1. The van der Waals surface area contributed by atoms with Crippen LogP contribution in [-0.4, -0.2) is 52.3 Å². The molecule has 4 aromatic rings. The van der Waals surface area contributed by atoms with Gasteiger partial charge in [0.2, 0.25) is 0 Å². The van der Waals surface area contributed by atoms with Crippen molar-refractivity contribution in [3.8, 4) is 5.75 Å². The molecule has 0 fully saturated rings. The topological polar surface area (TPSA) is 113 Å². The molecule has 38 heavy (non-hydrogen) atoms. The summed E-state index contributed by atoms with van der Waals surface area (Å²) in [5.41, 5.74) is 0.103. The molecule has 3 aromatic heterocycles. The number of rotatable bonds is 8. The number of amides is 1. The van der Waals surface area contributed by atoms with Crippen molar-refractivity contribution in [3.63, 3.8) is 0 Å². The Morgan fingerprint density at radius 1 is 1.16 bits per heavy atom. The lowest BCUT2D eigenvalue weighted by molar-refractivity contribution is -0.124. The second-order valence-corrected chi connectivity index (χ2v) is 8.96. The molecule has 0 spiro atoms. The molecule has 0 N–H and O–H groups in total. The third-order valence-corrected chi connectivity index (χ3v) is 6.10. The van der Waals surface area contributed by atoms with E-state index in [1.165, 1.54) is 41.2 Å². The van der Waals surface area contributed by atoms with Gasteiger partial charge in [0.05, 0.1) is 23.6 Å². The number of hydrogen-bond donors (Lipinski definition) is 0. The molecule has 0 radical (unpaired) electrons. The number of fused-ring (bicyclic) bond motifs is 2. The van der Waals surface area contributed by atoms with Crippen molar-refractivity contribution < 1.29 is 23.8 Å². The van der Waals surface area contributed by atoms with E-state index in [1.54, 1.807) is 37.4 Å². The standard InChI is InChI=1S/C26H24Cl2N4O6/c1-4-37-26(35)18-14-17-22(29-21-7-5-6-10-31(21)25(17)34)32(11-12-36-3)23(18)30-24(33)15(2)38-20-9-8-16(27)13-19(20)28/h5-10,13-15H,4,11-12H2,1-3H3/t15-/m1/s1. The lowest BCUT2D eigenvalue weighted by atomic mass is 10.2. The number of esters is 1. The fraction of sp³-hybridized carbons (Fsp3) is 0.269. The van der Waals surface area contributed by atoms with Crippen LogP contribution in [0, 0.1) is 0 Å². The molecule has 0 aliphatic heterocycles. The van der Waals surface area contributed by atoms with E-state index < -0.39 is 23.5 Å². The highest BCUT2D eigenvalue weighted by atomic mass is 35.5. The van der Waals surface area contributed by atoms with Crippen molar-refractivity contribution in [1.82, 2.24) is 14.0 Å². The van der Waals surface area contributed by atoms with E-state index in [2.05, 4.69) is 9.98 Å².